The van der Waals surface area contributed by atoms with Crippen molar-refractivity contribution in [3.05, 3.63) is 23.8 Å². The number of fused-ring (bicyclic) bond motifs is 1. The van der Waals surface area contributed by atoms with E-state index in [0.29, 0.717) is 0 Å². The van der Waals surface area contributed by atoms with Gasteiger partial charge in [-0.3, -0.25) is 0 Å². The SMILES string of the molecule is CCc1cccc2c1N(CC)CC(CC)(CC)N2. The van der Waals surface area contributed by atoms with E-state index in [9.17, 15) is 0 Å². The Hall–Kier alpha value is -1.18. The molecule has 2 nitrogen and oxygen atoms in total. The van der Waals surface area contributed by atoms with Gasteiger partial charge in [-0.25, -0.2) is 0 Å². The fourth-order valence-corrected chi connectivity index (χ4v) is 3.04. The first-order chi connectivity index (χ1) is 8.69. The van der Waals surface area contributed by atoms with Crippen molar-refractivity contribution < 1.29 is 0 Å². The zero-order chi connectivity index (χ0) is 13.2. The molecule has 2 rings (SSSR count). The minimum atomic E-state index is 0.245. The maximum absolute atomic E-state index is 3.81. The van der Waals surface area contributed by atoms with Crippen molar-refractivity contribution in [1.29, 1.82) is 0 Å². The first-order valence-electron chi connectivity index (χ1n) is 7.34. The highest BCUT2D eigenvalue weighted by atomic mass is 15.2. The Morgan fingerprint density at radius 1 is 1.17 bits per heavy atom. The van der Waals surface area contributed by atoms with Gasteiger partial charge in [0, 0.05) is 13.1 Å². The first-order valence-corrected chi connectivity index (χ1v) is 7.34. The molecule has 2 heteroatoms. The lowest BCUT2D eigenvalue weighted by atomic mass is 9.88. The van der Waals surface area contributed by atoms with Gasteiger partial charge in [0.05, 0.1) is 16.9 Å². The summed E-state index contributed by atoms with van der Waals surface area (Å²) in [6.45, 7) is 11.3. The lowest BCUT2D eigenvalue weighted by molar-refractivity contribution is 0.422. The molecule has 0 aromatic heterocycles. The zero-order valence-corrected chi connectivity index (χ0v) is 12.2. The number of hydrogen-bond donors (Lipinski definition) is 1. The number of nitrogens with one attached hydrogen (secondary N) is 1. The van der Waals surface area contributed by atoms with Crippen LogP contribution in [0, 0.1) is 0 Å². The number of benzene rings is 1. The molecule has 0 atom stereocenters. The molecule has 0 aliphatic carbocycles. The number of aryl methyl sites for hydroxylation is 1. The third-order valence-corrected chi connectivity index (χ3v) is 4.45. The van der Waals surface area contributed by atoms with E-state index >= 15 is 0 Å². The van der Waals surface area contributed by atoms with Crippen molar-refractivity contribution in [1.82, 2.24) is 0 Å². The average molecular weight is 246 g/mol. The van der Waals surface area contributed by atoms with Crippen LogP contribution in [0.3, 0.4) is 0 Å². The lowest BCUT2D eigenvalue weighted by Gasteiger charge is -2.46. The van der Waals surface area contributed by atoms with Gasteiger partial charge in [-0.1, -0.05) is 32.9 Å². The predicted octanol–water partition coefficient (Wildman–Crippen LogP) is 4.06. The van der Waals surface area contributed by atoms with Crippen LogP contribution in [0.25, 0.3) is 0 Å². The number of anilines is 2. The molecule has 0 saturated carbocycles. The summed E-state index contributed by atoms with van der Waals surface area (Å²) in [6, 6.07) is 6.67. The molecule has 1 heterocycles. The summed E-state index contributed by atoms with van der Waals surface area (Å²) in [5.41, 5.74) is 4.46. The fourth-order valence-electron chi connectivity index (χ4n) is 3.04. The van der Waals surface area contributed by atoms with Crippen LogP contribution in [-0.4, -0.2) is 18.6 Å². The largest absolute Gasteiger partial charge is 0.376 e. The van der Waals surface area contributed by atoms with E-state index in [-0.39, 0.29) is 5.54 Å². The van der Waals surface area contributed by atoms with Crippen molar-refractivity contribution in [2.45, 2.75) is 52.5 Å². The molecule has 0 saturated heterocycles. The molecule has 1 aromatic rings. The van der Waals surface area contributed by atoms with E-state index in [1.54, 1.807) is 0 Å². The molecular formula is C16H26N2. The monoisotopic (exact) mass is 246 g/mol. The summed E-state index contributed by atoms with van der Waals surface area (Å²) < 4.78 is 0. The summed E-state index contributed by atoms with van der Waals surface area (Å²) in [6.07, 6.45) is 3.46. The van der Waals surface area contributed by atoms with Gasteiger partial charge in [-0.05, 0) is 37.8 Å². The van der Waals surface area contributed by atoms with Crippen molar-refractivity contribution in [3.63, 3.8) is 0 Å². The lowest BCUT2D eigenvalue weighted by Crippen LogP contribution is -2.52. The topological polar surface area (TPSA) is 15.3 Å². The third-order valence-electron chi connectivity index (χ3n) is 4.45. The van der Waals surface area contributed by atoms with Gasteiger partial charge in [0.1, 0.15) is 0 Å². The molecule has 0 amide bonds. The summed E-state index contributed by atoms with van der Waals surface area (Å²) >= 11 is 0. The summed E-state index contributed by atoms with van der Waals surface area (Å²) in [5.74, 6) is 0. The van der Waals surface area contributed by atoms with Gasteiger partial charge in [0.2, 0.25) is 0 Å². The second-order valence-electron chi connectivity index (χ2n) is 5.29. The predicted molar refractivity (Wildman–Crippen MR) is 80.6 cm³/mol. The summed E-state index contributed by atoms with van der Waals surface area (Å²) in [5, 5.41) is 3.81. The molecule has 1 N–H and O–H groups in total. The van der Waals surface area contributed by atoms with Crippen molar-refractivity contribution >= 4 is 11.4 Å². The van der Waals surface area contributed by atoms with Gasteiger partial charge in [0.25, 0.3) is 0 Å². The van der Waals surface area contributed by atoms with Crippen LogP contribution in [0.2, 0.25) is 0 Å². The fraction of sp³-hybridized carbons (Fsp3) is 0.625. The highest BCUT2D eigenvalue weighted by molar-refractivity contribution is 5.77. The Kier molecular flexibility index (Phi) is 3.84. The molecule has 18 heavy (non-hydrogen) atoms. The minimum Gasteiger partial charge on any atom is -0.376 e. The molecule has 0 bridgehead atoms. The first kappa shape index (κ1) is 13.3. The van der Waals surface area contributed by atoms with Crippen molar-refractivity contribution in [2.24, 2.45) is 0 Å². The Morgan fingerprint density at radius 3 is 2.44 bits per heavy atom. The number of likely N-dealkylation sites (N-methyl/N-ethyl adjacent to an activating group) is 1. The van der Waals surface area contributed by atoms with E-state index in [0.717, 1.165) is 19.5 Å². The molecule has 1 aliphatic heterocycles. The number of hydrogen-bond acceptors (Lipinski definition) is 2. The average Bonchev–Trinajstić information content (AvgIpc) is 2.45. The van der Waals surface area contributed by atoms with E-state index < -0.39 is 0 Å². The van der Waals surface area contributed by atoms with Crippen LogP contribution in [-0.2, 0) is 6.42 Å². The maximum atomic E-state index is 3.81. The van der Waals surface area contributed by atoms with Crippen LogP contribution in [0.5, 0.6) is 0 Å². The second kappa shape index (κ2) is 5.21. The minimum absolute atomic E-state index is 0.245. The van der Waals surface area contributed by atoms with E-state index in [1.165, 1.54) is 29.8 Å². The van der Waals surface area contributed by atoms with Crippen LogP contribution < -0.4 is 10.2 Å². The summed E-state index contributed by atoms with van der Waals surface area (Å²) in [7, 11) is 0. The molecule has 0 radical (unpaired) electrons. The van der Waals surface area contributed by atoms with Crippen LogP contribution in [0.4, 0.5) is 11.4 Å². The number of para-hydroxylation sites is 1. The standard InChI is InChI=1S/C16H26N2/c1-5-13-10-9-11-14-15(13)18(8-4)12-16(6-2,7-3)17-14/h9-11,17H,5-8,12H2,1-4H3. The van der Waals surface area contributed by atoms with E-state index in [2.05, 4.69) is 56.1 Å². The molecule has 0 spiro atoms. The van der Waals surface area contributed by atoms with Gasteiger partial charge in [-0.15, -0.1) is 0 Å². The maximum Gasteiger partial charge on any atom is 0.0635 e. The molecular weight excluding hydrogens is 220 g/mol. The molecule has 1 aromatic carbocycles. The van der Waals surface area contributed by atoms with Crippen molar-refractivity contribution in [2.75, 3.05) is 23.3 Å². The van der Waals surface area contributed by atoms with Gasteiger partial charge in [0.15, 0.2) is 0 Å². The molecule has 100 valence electrons. The van der Waals surface area contributed by atoms with Crippen molar-refractivity contribution in [3.8, 4) is 0 Å². The second-order valence-corrected chi connectivity index (χ2v) is 5.29. The molecule has 1 aliphatic rings. The van der Waals surface area contributed by atoms with Gasteiger partial charge < -0.3 is 10.2 Å². The van der Waals surface area contributed by atoms with Gasteiger partial charge >= 0.3 is 0 Å². The third kappa shape index (κ3) is 2.09. The van der Waals surface area contributed by atoms with Crippen LogP contribution in [0.1, 0.15) is 46.1 Å². The molecule has 0 unspecified atom stereocenters. The Bertz CT molecular complexity index is 408. The Morgan fingerprint density at radius 2 is 1.89 bits per heavy atom. The smallest absolute Gasteiger partial charge is 0.0635 e. The Labute approximate surface area is 111 Å². The Balaban J connectivity index is 2.47. The number of nitrogens with zero attached hydrogens (tertiary/aromatic N) is 1. The highest BCUT2D eigenvalue weighted by Crippen LogP contribution is 2.39. The molecule has 0 fully saturated rings. The van der Waals surface area contributed by atoms with Crippen LogP contribution >= 0.6 is 0 Å². The highest BCUT2D eigenvalue weighted by Gasteiger charge is 2.34. The van der Waals surface area contributed by atoms with E-state index in [4.69, 9.17) is 0 Å². The van der Waals surface area contributed by atoms with Gasteiger partial charge in [-0.2, -0.15) is 0 Å². The summed E-state index contributed by atoms with van der Waals surface area (Å²) in [4.78, 5) is 2.55. The normalized spacial score (nSPS) is 17.2. The zero-order valence-electron chi connectivity index (χ0n) is 12.2. The number of rotatable bonds is 4. The van der Waals surface area contributed by atoms with E-state index in [1.807, 2.05) is 0 Å². The quantitative estimate of drug-likeness (QED) is 0.862. The van der Waals surface area contributed by atoms with Crippen LogP contribution in [0.15, 0.2) is 18.2 Å².